The Morgan fingerprint density at radius 2 is 2.46 bits per heavy atom. The molecule has 0 unspecified atom stereocenters. The molecule has 0 amide bonds. The van der Waals surface area contributed by atoms with E-state index < -0.39 is 0 Å². The van der Waals surface area contributed by atoms with E-state index in [9.17, 15) is 4.79 Å². The van der Waals surface area contributed by atoms with Crippen LogP contribution < -0.4 is 0 Å². The molecule has 0 N–H and O–H groups in total. The molecule has 1 rings (SSSR count). The van der Waals surface area contributed by atoms with Gasteiger partial charge in [-0.3, -0.25) is 4.79 Å². The molecule has 0 spiro atoms. The van der Waals surface area contributed by atoms with Crippen molar-refractivity contribution in [3.63, 3.8) is 0 Å². The summed E-state index contributed by atoms with van der Waals surface area (Å²) in [6.45, 7) is 2.63. The zero-order valence-corrected chi connectivity index (χ0v) is 8.74. The van der Waals surface area contributed by atoms with Crippen molar-refractivity contribution in [2.75, 3.05) is 6.61 Å². The smallest absolute Gasteiger partial charge is 0.293 e. The number of aryl methyl sites for hydroxylation is 1. The van der Waals surface area contributed by atoms with Crippen LogP contribution in [-0.2, 0) is 16.0 Å². The van der Waals surface area contributed by atoms with E-state index in [0.29, 0.717) is 25.3 Å². The van der Waals surface area contributed by atoms with Gasteiger partial charge in [0.1, 0.15) is 5.82 Å². The summed E-state index contributed by atoms with van der Waals surface area (Å²) >= 11 is 3.30. The van der Waals surface area contributed by atoms with E-state index in [4.69, 9.17) is 0 Å². The summed E-state index contributed by atoms with van der Waals surface area (Å²) in [6, 6.07) is 0. The third kappa shape index (κ3) is 3.10. The Labute approximate surface area is 84.5 Å². The summed E-state index contributed by atoms with van der Waals surface area (Å²) in [7, 11) is 0. The maximum absolute atomic E-state index is 9.85. The lowest BCUT2D eigenvalue weighted by atomic mass is 10.4. The van der Waals surface area contributed by atoms with Gasteiger partial charge >= 0.3 is 0 Å². The monoisotopic (exact) mass is 244 g/mol. The van der Waals surface area contributed by atoms with Crippen molar-refractivity contribution in [1.29, 1.82) is 0 Å². The Bertz CT molecular complexity index is 304. The van der Waals surface area contributed by atoms with Crippen LogP contribution in [-0.4, -0.2) is 23.0 Å². The lowest BCUT2D eigenvalue weighted by Gasteiger charge is -2.01. The van der Waals surface area contributed by atoms with Crippen LogP contribution >= 0.6 is 15.9 Å². The van der Waals surface area contributed by atoms with Gasteiger partial charge in [0, 0.05) is 12.6 Å². The van der Waals surface area contributed by atoms with Crippen molar-refractivity contribution in [3.05, 3.63) is 22.2 Å². The van der Waals surface area contributed by atoms with Crippen molar-refractivity contribution in [3.8, 4) is 0 Å². The van der Waals surface area contributed by atoms with Gasteiger partial charge in [0.2, 0.25) is 0 Å². The van der Waals surface area contributed by atoms with Gasteiger partial charge in [-0.25, -0.2) is 9.97 Å². The normalized spacial score (nSPS) is 9.69. The topological polar surface area (TPSA) is 52.1 Å². The van der Waals surface area contributed by atoms with Gasteiger partial charge < -0.3 is 4.74 Å². The summed E-state index contributed by atoms with van der Waals surface area (Å²) in [5, 5.41) is 0. The third-order valence-electron chi connectivity index (χ3n) is 1.48. The predicted octanol–water partition coefficient (Wildman–Crippen LogP) is 1.26. The standard InChI is InChI=1S/C8H9BrN2O2/c1-6-7(9)4-10-8(11-6)2-3-13-5-12/h4-5H,2-3H2,1H3. The molecule has 0 saturated heterocycles. The number of ether oxygens (including phenoxy) is 1. The van der Waals surface area contributed by atoms with Crippen molar-refractivity contribution < 1.29 is 9.53 Å². The summed E-state index contributed by atoms with van der Waals surface area (Å²) < 4.78 is 5.42. The number of hydrogen-bond acceptors (Lipinski definition) is 4. The Balaban J connectivity index is 2.57. The van der Waals surface area contributed by atoms with E-state index >= 15 is 0 Å². The van der Waals surface area contributed by atoms with Gasteiger partial charge in [0.25, 0.3) is 6.47 Å². The molecule has 0 aliphatic rings. The number of hydrogen-bond donors (Lipinski definition) is 0. The Kier molecular flexibility index (Phi) is 3.82. The number of carbonyl (C=O) groups is 1. The molecule has 0 bridgehead atoms. The fourth-order valence-corrected chi connectivity index (χ4v) is 1.01. The molecule has 0 atom stereocenters. The summed E-state index contributed by atoms with van der Waals surface area (Å²) in [5.74, 6) is 0.683. The molecule has 1 aromatic rings. The molecule has 0 aliphatic carbocycles. The Morgan fingerprint density at radius 3 is 3.08 bits per heavy atom. The molecule has 1 aromatic heterocycles. The molecule has 0 saturated carbocycles. The first kappa shape index (κ1) is 10.1. The molecule has 0 aliphatic heterocycles. The number of halogens is 1. The average Bonchev–Trinajstić information content (AvgIpc) is 2.12. The number of nitrogens with zero attached hydrogens (tertiary/aromatic N) is 2. The predicted molar refractivity (Wildman–Crippen MR) is 50.2 cm³/mol. The van der Waals surface area contributed by atoms with E-state index in [1.807, 2.05) is 6.92 Å². The lowest BCUT2D eigenvalue weighted by Crippen LogP contribution is -2.02. The van der Waals surface area contributed by atoms with E-state index in [-0.39, 0.29) is 0 Å². The first-order valence-electron chi connectivity index (χ1n) is 3.77. The summed E-state index contributed by atoms with van der Waals surface area (Å²) in [4.78, 5) is 18.1. The van der Waals surface area contributed by atoms with Crippen LogP contribution in [0, 0.1) is 6.92 Å². The van der Waals surface area contributed by atoms with Gasteiger partial charge in [-0.15, -0.1) is 0 Å². The van der Waals surface area contributed by atoms with Gasteiger partial charge in [-0.05, 0) is 22.9 Å². The maximum atomic E-state index is 9.85. The van der Waals surface area contributed by atoms with Crippen LogP contribution in [0.25, 0.3) is 0 Å². The summed E-state index contributed by atoms with van der Waals surface area (Å²) in [6.07, 6.45) is 2.24. The van der Waals surface area contributed by atoms with E-state index in [1.54, 1.807) is 6.20 Å². The minimum Gasteiger partial charge on any atom is -0.467 e. The van der Waals surface area contributed by atoms with E-state index in [0.717, 1.165) is 10.2 Å². The lowest BCUT2D eigenvalue weighted by molar-refractivity contribution is -0.128. The number of carbonyl (C=O) groups excluding carboxylic acids is 1. The SMILES string of the molecule is Cc1nc(CCOC=O)ncc1Br. The molecule has 0 radical (unpaired) electrons. The van der Waals surface area contributed by atoms with Crippen LogP contribution in [0.15, 0.2) is 10.7 Å². The average molecular weight is 245 g/mol. The highest BCUT2D eigenvalue weighted by molar-refractivity contribution is 9.10. The second-order valence-electron chi connectivity index (χ2n) is 2.44. The fourth-order valence-electron chi connectivity index (χ4n) is 0.819. The zero-order chi connectivity index (χ0) is 9.68. The quantitative estimate of drug-likeness (QED) is 0.592. The highest BCUT2D eigenvalue weighted by Crippen LogP contribution is 2.11. The van der Waals surface area contributed by atoms with Crippen molar-refractivity contribution >= 4 is 22.4 Å². The van der Waals surface area contributed by atoms with Gasteiger partial charge in [-0.2, -0.15) is 0 Å². The fraction of sp³-hybridized carbons (Fsp3) is 0.375. The minimum atomic E-state index is 0.324. The first-order chi connectivity index (χ1) is 6.24. The first-order valence-corrected chi connectivity index (χ1v) is 4.56. The van der Waals surface area contributed by atoms with Crippen molar-refractivity contribution in [2.45, 2.75) is 13.3 Å². The highest BCUT2D eigenvalue weighted by atomic mass is 79.9. The van der Waals surface area contributed by atoms with Crippen LogP contribution in [0.4, 0.5) is 0 Å². The van der Waals surface area contributed by atoms with Gasteiger partial charge in [0.05, 0.1) is 16.8 Å². The Morgan fingerprint density at radius 1 is 1.69 bits per heavy atom. The van der Waals surface area contributed by atoms with Crippen LogP contribution in [0.2, 0.25) is 0 Å². The summed E-state index contributed by atoms with van der Waals surface area (Å²) in [5.41, 5.74) is 0.885. The van der Waals surface area contributed by atoms with Crippen LogP contribution in [0.3, 0.4) is 0 Å². The molecule has 70 valence electrons. The van der Waals surface area contributed by atoms with Crippen molar-refractivity contribution in [2.24, 2.45) is 0 Å². The molecule has 5 heteroatoms. The molecular formula is C8H9BrN2O2. The maximum Gasteiger partial charge on any atom is 0.293 e. The van der Waals surface area contributed by atoms with Crippen LogP contribution in [0.1, 0.15) is 11.5 Å². The second-order valence-corrected chi connectivity index (χ2v) is 3.29. The minimum absolute atomic E-state index is 0.324. The van der Waals surface area contributed by atoms with E-state index in [1.165, 1.54) is 0 Å². The number of aromatic nitrogens is 2. The highest BCUT2D eigenvalue weighted by Gasteiger charge is 2.00. The molecule has 0 aromatic carbocycles. The molecule has 4 nitrogen and oxygen atoms in total. The molecule has 1 heterocycles. The molecular weight excluding hydrogens is 236 g/mol. The van der Waals surface area contributed by atoms with Gasteiger partial charge in [-0.1, -0.05) is 0 Å². The third-order valence-corrected chi connectivity index (χ3v) is 2.26. The zero-order valence-electron chi connectivity index (χ0n) is 7.16. The molecule has 13 heavy (non-hydrogen) atoms. The van der Waals surface area contributed by atoms with E-state index in [2.05, 4.69) is 30.6 Å². The van der Waals surface area contributed by atoms with Crippen LogP contribution in [0.5, 0.6) is 0 Å². The number of rotatable bonds is 4. The van der Waals surface area contributed by atoms with Gasteiger partial charge in [0.15, 0.2) is 0 Å². The molecule has 0 fully saturated rings. The van der Waals surface area contributed by atoms with Crippen molar-refractivity contribution in [1.82, 2.24) is 9.97 Å². The second kappa shape index (κ2) is 4.91. The Hall–Kier alpha value is -0.970. The largest absolute Gasteiger partial charge is 0.467 e.